The molecule has 1 atom stereocenters. The van der Waals surface area contributed by atoms with Crippen molar-refractivity contribution < 1.29 is 17.9 Å². The topological polar surface area (TPSA) is 27.1 Å². The maximum Gasteiger partial charge on any atom is 0.435 e. The molecular formula is C12H17F3N2O. The normalized spacial score (nSPS) is 21.2. The van der Waals surface area contributed by atoms with E-state index in [1.54, 1.807) is 0 Å². The van der Waals surface area contributed by atoms with Crippen LogP contribution >= 0.6 is 0 Å². The van der Waals surface area contributed by atoms with Crippen LogP contribution in [0.1, 0.15) is 50.1 Å². The van der Waals surface area contributed by atoms with Crippen molar-refractivity contribution in [2.24, 2.45) is 0 Å². The Hall–Kier alpha value is -1.04. The average molecular weight is 262 g/mol. The fraction of sp³-hybridized carbons (Fsp3) is 0.750. The molecule has 0 N–H and O–H groups in total. The van der Waals surface area contributed by atoms with Crippen molar-refractivity contribution in [3.63, 3.8) is 0 Å². The van der Waals surface area contributed by atoms with E-state index in [-0.39, 0.29) is 11.8 Å². The first-order chi connectivity index (χ1) is 8.52. The molecule has 1 unspecified atom stereocenters. The third-order valence-electron chi connectivity index (χ3n) is 3.05. The van der Waals surface area contributed by atoms with Crippen LogP contribution in [0.4, 0.5) is 13.2 Å². The van der Waals surface area contributed by atoms with Gasteiger partial charge in [0, 0.05) is 18.4 Å². The Balaban J connectivity index is 2.26. The first-order valence-corrected chi connectivity index (χ1v) is 6.29. The highest BCUT2D eigenvalue weighted by Gasteiger charge is 2.37. The minimum Gasteiger partial charge on any atom is -0.357 e. The molecule has 0 aliphatic carbocycles. The number of nitrogens with zero attached hydrogens (tertiary/aromatic N) is 2. The van der Waals surface area contributed by atoms with E-state index in [1.165, 1.54) is 10.9 Å². The van der Waals surface area contributed by atoms with E-state index in [1.807, 2.05) is 6.92 Å². The molecule has 1 aliphatic heterocycles. The summed E-state index contributed by atoms with van der Waals surface area (Å²) in [5.74, 6) is 0. The molecule has 1 fully saturated rings. The number of ether oxygens (including phenoxy) is 1. The van der Waals surface area contributed by atoms with Gasteiger partial charge in [-0.3, -0.25) is 0 Å². The Kier molecular flexibility index (Phi) is 3.94. The summed E-state index contributed by atoms with van der Waals surface area (Å²) >= 11 is 0. The number of halogens is 3. The van der Waals surface area contributed by atoms with Crippen molar-refractivity contribution in [1.29, 1.82) is 0 Å². The third kappa shape index (κ3) is 2.85. The second-order valence-corrected chi connectivity index (χ2v) is 4.55. The summed E-state index contributed by atoms with van der Waals surface area (Å²) in [5, 5.41) is 3.69. The fourth-order valence-electron chi connectivity index (χ4n) is 2.20. The number of aryl methyl sites for hydroxylation is 1. The lowest BCUT2D eigenvalue weighted by Crippen LogP contribution is -2.19. The second kappa shape index (κ2) is 5.30. The first-order valence-electron chi connectivity index (χ1n) is 6.29. The summed E-state index contributed by atoms with van der Waals surface area (Å²) in [5.41, 5.74) is -0.502. The summed E-state index contributed by atoms with van der Waals surface area (Å²) in [6, 6.07) is 0. The standard InChI is InChI=1S/C12H17F3N2O/c1-2-5-9-8-17(10-6-3-4-7-18-10)16-11(9)12(13,14)15/h8,10H,2-7H2,1H3. The lowest BCUT2D eigenvalue weighted by Gasteiger charge is -2.22. The SMILES string of the molecule is CCCc1cn(C2CCCCO2)nc1C(F)(F)F. The van der Waals surface area contributed by atoms with Gasteiger partial charge in [0.25, 0.3) is 0 Å². The highest BCUT2D eigenvalue weighted by Crippen LogP contribution is 2.33. The second-order valence-electron chi connectivity index (χ2n) is 4.55. The quantitative estimate of drug-likeness (QED) is 0.832. The largest absolute Gasteiger partial charge is 0.435 e. The van der Waals surface area contributed by atoms with E-state index in [4.69, 9.17) is 4.74 Å². The summed E-state index contributed by atoms with van der Waals surface area (Å²) in [6.45, 7) is 2.45. The molecule has 2 rings (SSSR count). The minimum atomic E-state index is -4.38. The van der Waals surface area contributed by atoms with Gasteiger partial charge in [0.15, 0.2) is 5.69 Å². The molecule has 0 spiro atoms. The molecule has 1 aliphatic rings. The van der Waals surface area contributed by atoms with Crippen molar-refractivity contribution in [2.75, 3.05) is 6.61 Å². The van der Waals surface area contributed by atoms with Crippen LogP contribution in [0.15, 0.2) is 6.20 Å². The van der Waals surface area contributed by atoms with Crippen molar-refractivity contribution in [1.82, 2.24) is 9.78 Å². The summed E-state index contributed by atoms with van der Waals surface area (Å²) < 4.78 is 45.3. The molecule has 102 valence electrons. The predicted molar refractivity (Wildman–Crippen MR) is 60.1 cm³/mol. The maximum atomic E-state index is 12.8. The number of aromatic nitrogens is 2. The first kappa shape index (κ1) is 13.4. The van der Waals surface area contributed by atoms with Gasteiger partial charge in [-0.1, -0.05) is 13.3 Å². The monoisotopic (exact) mass is 262 g/mol. The minimum absolute atomic E-state index is 0.263. The molecule has 0 amide bonds. The lowest BCUT2D eigenvalue weighted by atomic mass is 10.1. The molecular weight excluding hydrogens is 245 g/mol. The number of hydrogen-bond acceptors (Lipinski definition) is 2. The van der Waals surface area contributed by atoms with E-state index < -0.39 is 11.9 Å². The van der Waals surface area contributed by atoms with Crippen LogP contribution in [0.3, 0.4) is 0 Å². The van der Waals surface area contributed by atoms with Gasteiger partial charge in [0.1, 0.15) is 6.23 Å². The highest BCUT2D eigenvalue weighted by atomic mass is 19.4. The molecule has 0 bridgehead atoms. The van der Waals surface area contributed by atoms with E-state index >= 15 is 0 Å². The number of hydrogen-bond donors (Lipinski definition) is 0. The van der Waals surface area contributed by atoms with Gasteiger partial charge < -0.3 is 4.74 Å². The van der Waals surface area contributed by atoms with Crippen LogP contribution in [0.2, 0.25) is 0 Å². The summed E-state index contributed by atoms with van der Waals surface area (Å²) in [6.07, 6.45) is 0.477. The zero-order chi connectivity index (χ0) is 13.2. The predicted octanol–water partition coefficient (Wildman–Crippen LogP) is 3.55. The van der Waals surface area contributed by atoms with Crippen molar-refractivity contribution >= 4 is 0 Å². The molecule has 6 heteroatoms. The molecule has 18 heavy (non-hydrogen) atoms. The van der Waals surface area contributed by atoms with Crippen molar-refractivity contribution in [3.05, 3.63) is 17.5 Å². The molecule has 0 saturated carbocycles. The van der Waals surface area contributed by atoms with Crippen molar-refractivity contribution in [3.8, 4) is 0 Å². The van der Waals surface area contributed by atoms with Gasteiger partial charge in [-0.15, -0.1) is 0 Å². The van der Waals surface area contributed by atoms with Crippen LogP contribution in [0.5, 0.6) is 0 Å². The smallest absolute Gasteiger partial charge is 0.357 e. The van der Waals surface area contributed by atoms with Gasteiger partial charge in [0.2, 0.25) is 0 Å². The molecule has 3 nitrogen and oxygen atoms in total. The Morgan fingerprint density at radius 1 is 1.44 bits per heavy atom. The molecule has 2 heterocycles. The van der Waals surface area contributed by atoms with Crippen LogP contribution in [-0.4, -0.2) is 16.4 Å². The van der Waals surface area contributed by atoms with E-state index in [0.717, 1.165) is 19.3 Å². The van der Waals surface area contributed by atoms with Gasteiger partial charge in [0.05, 0.1) is 0 Å². The Morgan fingerprint density at radius 2 is 2.22 bits per heavy atom. The molecule has 1 saturated heterocycles. The molecule has 0 aromatic carbocycles. The zero-order valence-electron chi connectivity index (χ0n) is 10.3. The molecule has 1 aromatic rings. The Labute approximate surface area is 104 Å². The zero-order valence-corrected chi connectivity index (χ0v) is 10.3. The summed E-state index contributed by atoms with van der Waals surface area (Å²) in [4.78, 5) is 0. The average Bonchev–Trinajstić information content (AvgIpc) is 2.75. The van der Waals surface area contributed by atoms with Gasteiger partial charge >= 0.3 is 6.18 Å². The Morgan fingerprint density at radius 3 is 2.78 bits per heavy atom. The van der Waals surface area contributed by atoms with Gasteiger partial charge in [-0.2, -0.15) is 18.3 Å². The third-order valence-corrected chi connectivity index (χ3v) is 3.05. The van der Waals surface area contributed by atoms with E-state index in [0.29, 0.717) is 19.4 Å². The molecule has 0 radical (unpaired) electrons. The molecule has 1 aromatic heterocycles. The number of alkyl halides is 3. The maximum absolute atomic E-state index is 12.8. The lowest BCUT2D eigenvalue weighted by molar-refractivity contribution is -0.142. The summed E-state index contributed by atoms with van der Waals surface area (Å²) in [7, 11) is 0. The highest BCUT2D eigenvalue weighted by molar-refractivity contribution is 5.20. The van der Waals surface area contributed by atoms with Gasteiger partial charge in [-0.25, -0.2) is 4.68 Å². The van der Waals surface area contributed by atoms with Crippen LogP contribution in [0, 0.1) is 0 Å². The van der Waals surface area contributed by atoms with E-state index in [2.05, 4.69) is 5.10 Å². The van der Waals surface area contributed by atoms with E-state index in [9.17, 15) is 13.2 Å². The van der Waals surface area contributed by atoms with Crippen LogP contribution in [0.25, 0.3) is 0 Å². The number of rotatable bonds is 3. The fourth-order valence-corrected chi connectivity index (χ4v) is 2.20. The van der Waals surface area contributed by atoms with Crippen molar-refractivity contribution in [2.45, 2.75) is 51.4 Å². The Bertz CT molecular complexity index is 395. The van der Waals surface area contributed by atoms with Crippen LogP contribution < -0.4 is 0 Å². The van der Waals surface area contributed by atoms with Gasteiger partial charge in [-0.05, 0) is 25.7 Å². The van der Waals surface area contributed by atoms with Crippen LogP contribution in [-0.2, 0) is 17.3 Å².